The van der Waals surface area contributed by atoms with E-state index in [1.165, 1.54) is 63.5 Å². The minimum absolute atomic E-state index is 0. The van der Waals surface area contributed by atoms with Gasteiger partial charge in [-0.15, -0.1) is 0 Å². The molecule has 2 heterocycles. The Morgan fingerprint density at radius 3 is 1.27 bits per heavy atom. The van der Waals surface area contributed by atoms with Crippen LogP contribution in [0.25, 0.3) is 0 Å². The number of hydrogen-bond acceptors (Lipinski definition) is 0. The quantitative estimate of drug-likeness (QED) is 0.288. The molecule has 0 radical (unpaired) electrons. The van der Waals surface area contributed by atoms with E-state index < -0.39 is 16.1 Å². The molecule has 2 aromatic carbocycles. The summed E-state index contributed by atoms with van der Waals surface area (Å²) in [6.45, 7) is 9.37. The standard InChI is InChI=1S/2C14H23Si.2ClH.Zr/c2*1-3-5-7-13-8-9-14(12-13)15(4-2)10-6-11-15;;;/h2*8-9,12H,3-7,10-11H2,1-2H3;2*1H;/q2*-1;;;+4/p-2. The van der Waals surface area contributed by atoms with Crippen molar-refractivity contribution in [2.45, 2.75) is 115 Å². The largest absolute Gasteiger partial charge is 4.00 e. The number of unbranched alkanes of at least 4 members (excludes halogenated alkanes) is 2. The first-order valence-corrected chi connectivity index (χ1v) is 18.4. The van der Waals surface area contributed by atoms with E-state index in [1.807, 2.05) is 0 Å². The van der Waals surface area contributed by atoms with Crippen LogP contribution in [-0.2, 0) is 39.0 Å². The van der Waals surface area contributed by atoms with Crippen LogP contribution in [0.2, 0.25) is 36.3 Å². The number of halogens is 2. The Kier molecular flexibility index (Phi) is 16.7. The zero-order valence-electron chi connectivity index (χ0n) is 21.6. The van der Waals surface area contributed by atoms with E-state index in [4.69, 9.17) is 0 Å². The third-order valence-electron chi connectivity index (χ3n) is 8.47. The van der Waals surface area contributed by atoms with Crippen molar-refractivity contribution in [1.29, 1.82) is 0 Å². The fourth-order valence-electron chi connectivity index (χ4n) is 5.62. The van der Waals surface area contributed by atoms with Gasteiger partial charge in [0.15, 0.2) is 0 Å². The summed E-state index contributed by atoms with van der Waals surface area (Å²) >= 11 is 0. The normalized spacial score (nSPS) is 17.1. The van der Waals surface area contributed by atoms with Gasteiger partial charge in [0.2, 0.25) is 0 Å². The molecule has 0 nitrogen and oxygen atoms in total. The molecule has 0 aliphatic carbocycles. The summed E-state index contributed by atoms with van der Waals surface area (Å²) in [6, 6.07) is 23.9. The van der Waals surface area contributed by atoms with Gasteiger partial charge in [0, 0.05) is 16.1 Å². The van der Waals surface area contributed by atoms with Gasteiger partial charge in [-0.25, -0.2) is 22.5 Å². The second kappa shape index (κ2) is 16.4. The average Bonchev–Trinajstić information content (AvgIpc) is 3.35. The topological polar surface area (TPSA) is 0 Å². The summed E-state index contributed by atoms with van der Waals surface area (Å²) in [6.07, 6.45) is 10.9. The molecule has 0 N–H and O–H groups in total. The Morgan fingerprint density at radius 1 is 0.667 bits per heavy atom. The van der Waals surface area contributed by atoms with Crippen molar-refractivity contribution < 1.29 is 51.0 Å². The summed E-state index contributed by atoms with van der Waals surface area (Å²) in [4.78, 5) is 0. The molecule has 2 fully saturated rings. The van der Waals surface area contributed by atoms with Crippen LogP contribution < -0.4 is 35.2 Å². The molecule has 0 amide bonds. The summed E-state index contributed by atoms with van der Waals surface area (Å²) < 4.78 is 0. The molecule has 5 heteroatoms. The fourth-order valence-corrected chi connectivity index (χ4v) is 13.3. The molecule has 2 aromatic rings. The number of aryl methyl sites for hydroxylation is 2. The van der Waals surface area contributed by atoms with Gasteiger partial charge >= 0.3 is 26.2 Å². The van der Waals surface area contributed by atoms with Gasteiger partial charge in [-0.1, -0.05) is 115 Å². The molecule has 0 unspecified atom stereocenters. The van der Waals surface area contributed by atoms with Crippen LogP contribution in [0, 0.1) is 0 Å². The Morgan fingerprint density at radius 2 is 1.03 bits per heavy atom. The number of hydrogen-bond donors (Lipinski definition) is 0. The predicted molar refractivity (Wildman–Crippen MR) is 141 cm³/mol. The van der Waals surface area contributed by atoms with Crippen LogP contribution >= 0.6 is 0 Å². The second-order valence-electron chi connectivity index (χ2n) is 10.2. The van der Waals surface area contributed by atoms with E-state index in [9.17, 15) is 0 Å². The van der Waals surface area contributed by atoms with Crippen molar-refractivity contribution in [2.75, 3.05) is 0 Å². The van der Waals surface area contributed by atoms with Gasteiger partial charge in [0.1, 0.15) is 0 Å². The van der Waals surface area contributed by atoms with Crippen molar-refractivity contribution in [1.82, 2.24) is 0 Å². The van der Waals surface area contributed by atoms with Gasteiger partial charge in [-0.2, -0.15) is 35.4 Å². The van der Waals surface area contributed by atoms with Gasteiger partial charge in [0.05, 0.1) is 0 Å². The van der Waals surface area contributed by atoms with E-state index in [2.05, 4.69) is 64.1 Å². The maximum absolute atomic E-state index is 2.53. The SMILES string of the molecule is CCCC[c-]1ccc([Si]2(CC)CCC2)c1.CCCC[c-]1ccc([Si]2(CC)CCC2)c1.[Cl-].[Cl-].[Zr+4]. The van der Waals surface area contributed by atoms with Crippen LogP contribution in [-0.4, -0.2) is 16.1 Å². The zero-order valence-corrected chi connectivity index (χ0v) is 27.6. The zero-order chi connectivity index (χ0) is 21.5. The molecule has 0 atom stereocenters. The van der Waals surface area contributed by atoms with Crippen LogP contribution in [0.1, 0.15) is 77.3 Å². The number of rotatable bonds is 10. The molecule has 2 saturated heterocycles. The molecule has 0 spiro atoms. The molecule has 184 valence electrons. The first-order chi connectivity index (χ1) is 14.6. The first-order valence-electron chi connectivity index (χ1n) is 13.1. The van der Waals surface area contributed by atoms with E-state index in [0.29, 0.717) is 0 Å². The van der Waals surface area contributed by atoms with Crippen LogP contribution in [0.15, 0.2) is 36.4 Å². The molecule has 2 aliphatic rings. The molecule has 0 aromatic heterocycles. The van der Waals surface area contributed by atoms with E-state index >= 15 is 0 Å². The molecule has 2 aliphatic heterocycles. The van der Waals surface area contributed by atoms with Crippen molar-refractivity contribution in [3.05, 3.63) is 47.5 Å². The summed E-state index contributed by atoms with van der Waals surface area (Å²) in [5, 5.41) is 3.53. The summed E-state index contributed by atoms with van der Waals surface area (Å²) in [5.74, 6) is 0. The van der Waals surface area contributed by atoms with Crippen molar-refractivity contribution in [2.24, 2.45) is 0 Å². The Balaban J connectivity index is 0.000000569. The maximum atomic E-state index is 2.53. The minimum Gasteiger partial charge on any atom is -1.00 e. The summed E-state index contributed by atoms with van der Waals surface area (Å²) in [5.41, 5.74) is 3.19. The van der Waals surface area contributed by atoms with Crippen molar-refractivity contribution >= 4 is 26.5 Å². The van der Waals surface area contributed by atoms with E-state index in [1.54, 1.807) is 45.7 Å². The molecule has 0 saturated carbocycles. The van der Waals surface area contributed by atoms with Crippen molar-refractivity contribution in [3.8, 4) is 0 Å². The molecule has 33 heavy (non-hydrogen) atoms. The van der Waals surface area contributed by atoms with Gasteiger partial charge < -0.3 is 24.8 Å². The minimum atomic E-state index is -0.911. The average molecular weight is 601 g/mol. The molecule has 0 bridgehead atoms. The molecule has 4 rings (SSSR count). The van der Waals surface area contributed by atoms with Crippen LogP contribution in [0.5, 0.6) is 0 Å². The van der Waals surface area contributed by atoms with E-state index in [-0.39, 0.29) is 51.0 Å². The predicted octanol–water partition coefficient (Wildman–Crippen LogP) is 1.66. The molecular formula is C28H46Cl2Si2Zr. The van der Waals surface area contributed by atoms with Gasteiger partial charge in [-0.05, 0) is 0 Å². The van der Waals surface area contributed by atoms with Gasteiger partial charge in [0.25, 0.3) is 0 Å². The Labute approximate surface area is 238 Å². The third-order valence-corrected chi connectivity index (χ3v) is 19.5. The first kappa shape index (κ1) is 33.6. The monoisotopic (exact) mass is 598 g/mol. The Hall–Kier alpha value is 0.597. The Bertz CT molecular complexity index is 684. The van der Waals surface area contributed by atoms with Crippen LogP contribution in [0.3, 0.4) is 0 Å². The maximum Gasteiger partial charge on any atom is 4.00 e. The van der Waals surface area contributed by atoms with E-state index in [0.717, 1.165) is 0 Å². The van der Waals surface area contributed by atoms with Crippen LogP contribution in [0.4, 0.5) is 0 Å². The van der Waals surface area contributed by atoms with Crippen molar-refractivity contribution in [3.63, 3.8) is 0 Å². The molecular weight excluding hydrogens is 555 g/mol. The summed E-state index contributed by atoms with van der Waals surface area (Å²) in [7, 11) is -1.82. The second-order valence-corrected chi connectivity index (χ2v) is 19.9. The van der Waals surface area contributed by atoms with Gasteiger partial charge in [-0.3, -0.25) is 0 Å². The third kappa shape index (κ3) is 8.31. The smallest absolute Gasteiger partial charge is 1.00 e. The fraction of sp³-hybridized carbons (Fsp3) is 0.643.